The van der Waals surface area contributed by atoms with Gasteiger partial charge in [-0.25, -0.2) is 8.78 Å². The highest BCUT2D eigenvalue weighted by molar-refractivity contribution is 5.92. The lowest BCUT2D eigenvalue weighted by Gasteiger charge is -2.38. The molecule has 2 aromatic carbocycles. The minimum absolute atomic E-state index is 0.0414. The third kappa shape index (κ3) is 4.85. The van der Waals surface area contributed by atoms with Crippen LogP contribution in [0.1, 0.15) is 25.3 Å². The van der Waals surface area contributed by atoms with E-state index in [2.05, 4.69) is 4.90 Å². The van der Waals surface area contributed by atoms with Gasteiger partial charge in [-0.1, -0.05) is 6.07 Å². The Morgan fingerprint density at radius 2 is 1.76 bits per heavy atom. The molecule has 156 valence electrons. The number of hydrogen-bond donors (Lipinski definition) is 0. The van der Waals surface area contributed by atoms with Gasteiger partial charge >= 0.3 is 0 Å². The van der Waals surface area contributed by atoms with Gasteiger partial charge in [-0.3, -0.25) is 9.69 Å². The van der Waals surface area contributed by atoms with E-state index in [1.807, 2.05) is 6.07 Å². The van der Waals surface area contributed by atoms with Gasteiger partial charge < -0.3 is 14.4 Å². The van der Waals surface area contributed by atoms with E-state index in [-0.39, 0.29) is 11.9 Å². The predicted octanol–water partition coefficient (Wildman–Crippen LogP) is 4.00. The number of piperidine rings is 1. The summed E-state index contributed by atoms with van der Waals surface area (Å²) in [6.07, 6.45) is 1.52. The molecule has 0 bridgehead atoms. The van der Waals surface area contributed by atoms with Crippen LogP contribution in [0.25, 0.3) is 0 Å². The number of methoxy groups -OCH3 is 2. The Hall–Kier alpha value is -2.67. The van der Waals surface area contributed by atoms with Crippen LogP contribution in [0.15, 0.2) is 36.4 Å². The van der Waals surface area contributed by atoms with Crippen LogP contribution in [0.3, 0.4) is 0 Å². The molecule has 1 heterocycles. The summed E-state index contributed by atoms with van der Waals surface area (Å²) in [5.41, 5.74) is 1.24. The van der Waals surface area contributed by atoms with Crippen molar-refractivity contribution in [1.82, 2.24) is 4.90 Å². The predicted molar refractivity (Wildman–Crippen MR) is 107 cm³/mol. The summed E-state index contributed by atoms with van der Waals surface area (Å²) in [4.78, 5) is 16.3. The lowest BCUT2D eigenvalue weighted by molar-refractivity contribution is -0.117. The summed E-state index contributed by atoms with van der Waals surface area (Å²) in [6.45, 7) is 3.42. The number of benzene rings is 2. The number of amides is 1. The first-order chi connectivity index (χ1) is 13.9. The van der Waals surface area contributed by atoms with E-state index in [4.69, 9.17) is 9.47 Å². The number of likely N-dealkylation sites (tertiary alicyclic amines) is 1. The molecule has 5 nitrogen and oxygen atoms in total. The first-order valence-electron chi connectivity index (χ1n) is 9.61. The van der Waals surface area contributed by atoms with Crippen LogP contribution in [0.4, 0.5) is 14.5 Å². The Balaban J connectivity index is 1.69. The van der Waals surface area contributed by atoms with Crippen LogP contribution >= 0.6 is 0 Å². The molecular weight excluding hydrogens is 378 g/mol. The van der Waals surface area contributed by atoms with E-state index >= 15 is 0 Å². The lowest BCUT2D eigenvalue weighted by Crippen LogP contribution is -2.46. The van der Waals surface area contributed by atoms with E-state index in [1.54, 1.807) is 38.2 Å². The summed E-state index contributed by atoms with van der Waals surface area (Å²) in [7, 11) is 3.13. The van der Waals surface area contributed by atoms with Crippen molar-refractivity contribution in [3.05, 3.63) is 53.6 Å². The van der Waals surface area contributed by atoms with Crippen LogP contribution in [-0.2, 0) is 11.3 Å². The average molecular weight is 404 g/mol. The molecular formula is C22H26F2N2O3. The van der Waals surface area contributed by atoms with E-state index in [0.717, 1.165) is 37.7 Å². The molecule has 1 aliphatic heterocycles. The van der Waals surface area contributed by atoms with Gasteiger partial charge in [0.25, 0.3) is 0 Å². The summed E-state index contributed by atoms with van der Waals surface area (Å²) in [5.74, 6) is 0.0383. The van der Waals surface area contributed by atoms with Crippen molar-refractivity contribution in [3.8, 4) is 11.5 Å². The van der Waals surface area contributed by atoms with Gasteiger partial charge in [0, 0.05) is 56.0 Å². The number of hydrogen-bond acceptors (Lipinski definition) is 4. The summed E-state index contributed by atoms with van der Waals surface area (Å²) < 4.78 is 37.7. The third-order valence-electron chi connectivity index (χ3n) is 5.32. The molecule has 29 heavy (non-hydrogen) atoms. The van der Waals surface area contributed by atoms with Crippen molar-refractivity contribution >= 4 is 11.6 Å². The van der Waals surface area contributed by atoms with E-state index in [0.29, 0.717) is 23.6 Å². The SMILES string of the molecule is COc1ccc(N(C(C)=O)C2CCN(Cc3ccc(F)cc3F)CC2)cc1OC. The molecule has 0 saturated carbocycles. The van der Waals surface area contributed by atoms with Crippen LogP contribution in [-0.4, -0.2) is 44.2 Å². The van der Waals surface area contributed by atoms with Gasteiger partial charge in [-0.05, 0) is 31.0 Å². The first-order valence-corrected chi connectivity index (χ1v) is 9.61. The molecule has 1 fully saturated rings. The fourth-order valence-corrected chi connectivity index (χ4v) is 3.85. The molecule has 3 rings (SSSR count). The minimum atomic E-state index is -0.572. The zero-order valence-electron chi connectivity index (χ0n) is 17.0. The van der Waals surface area contributed by atoms with Crippen molar-refractivity contribution < 1.29 is 23.0 Å². The van der Waals surface area contributed by atoms with Crippen molar-refractivity contribution in [2.24, 2.45) is 0 Å². The van der Waals surface area contributed by atoms with Crippen LogP contribution in [0.5, 0.6) is 11.5 Å². The summed E-state index contributed by atoms with van der Waals surface area (Å²) >= 11 is 0. The number of rotatable bonds is 6. The molecule has 2 aromatic rings. The highest BCUT2D eigenvalue weighted by atomic mass is 19.1. The molecule has 1 amide bonds. The molecule has 1 aliphatic rings. The fourth-order valence-electron chi connectivity index (χ4n) is 3.85. The maximum atomic E-state index is 13.9. The molecule has 0 spiro atoms. The highest BCUT2D eigenvalue weighted by Gasteiger charge is 2.28. The van der Waals surface area contributed by atoms with Crippen molar-refractivity contribution in [2.75, 3.05) is 32.2 Å². The van der Waals surface area contributed by atoms with Gasteiger partial charge in [-0.2, -0.15) is 0 Å². The molecule has 0 aliphatic carbocycles. The second-order valence-corrected chi connectivity index (χ2v) is 7.17. The van der Waals surface area contributed by atoms with Gasteiger partial charge in [0.2, 0.25) is 5.91 Å². The second kappa shape index (κ2) is 9.22. The number of ether oxygens (including phenoxy) is 2. The van der Waals surface area contributed by atoms with Gasteiger partial charge in [-0.15, -0.1) is 0 Å². The Bertz CT molecular complexity index is 867. The number of carbonyl (C=O) groups excluding carboxylic acids is 1. The molecule has 1 saturated heterocycles. The lowest BCUT2D eigenvalue weighted by atomic mass is 10.0. The van der Waals surface area contributed by atoms with Crippen molar-refractivity contribution in [1.29, 1.82) is 0 Å². The smallest absolute Gasteiger partial charge is 0.224 e. The standard InChI is InChI=1S/C22H26F2N2O3/c1-15(27)26(19-6-7-21(28-2)22(13-19)29-3)18-8-10-25(11-9-18)14-16-4-5-17(23)12-20(16)24/h4-7,12-13,18H,8-11,14H2,1-3H3. The largest absolute Gasteiger partial charge is 0.493 e. The second-order valence-electron chi connectivity index (χ2n) is 7.17. The van der Waals surface area contributed by atoms with Crippen molar-refractivity contribution in [2.45, 2.75) is 32.4 Å². The molecule has 0 N–H and O–H groups in total. The normalized spacial score (nSPS) is 15.2. The quantitative estimate of drug-likeness (QED) is 0.730. The van der Waals surface area contributed by atoms with Crippen LogP contribution in [0.2, 0.25) is 0 Å². The molecule has 0 atom stereocenters. The Labute approximate surface area is 169 Å². The molecule has 0 unspecified atom stereocenters. The minimum Gasteiger partial charge on any atom is -0.493 e. The van der Waals surface area contributed by atoms with E-state index in [1.165, 1.54) is 12.1 Å². The number of nitrogens with zero attached hydrogens (tertiary/aromatic N) is 2. The Kier molecular flexibility index (Phi) is 6.69. The zero-order valence-corrected chi connectivity index (χ0v) is 17.0. The van der Waals surface area contributed by atoms with E-state index in [9.17, 15) is 13.6 Å². The first kappa shape index (κ1) is 21.0. The van der Waals surface area contributed by atoms with Crippen molar-refractivity contribution in [3.63, 3.8) is 0 Å². The number of anilines is 1. The summed E-state index contributed by atoms with van der Waals surface area (Å²) in [5, 5.41) is 0. The highest BCUT2D eigenvalue weighted by Crippen LogP contribution is 2.34. The zero-order chi connectivity index (χ0) is 21.0. The number of carbonyl (C=O) groups is 1. The maximum Gasteiger partial charge on any atom is 0.224 e. The molecule has 0 radical (unpaired) electrons. The van der Waals surface area contributed by atoms with Gasteiger partial charge in [0.1, 0.15) is 11.6 Å². The average Bonchev–Trinajstić information content (AvgIpc) is 2.71. The van der Waals surface area contributed by atoms with Crippen LogP contribution < -0.4 is 14.4 Å². The summed E-state index contributed by atoms with van der Waals surface area (Å²) in [6, 6.07) is 9.17. The Morgan fingerprint density at radius 3 is 2.34 bits per heavy atom. The number of halogens is 2. The van der Waals surface area contributed by atoms with Gasteiger partial charge in [0.15, 0.2) is 11.5 Å². The third-order valence-corrected chi connectivity index (χ3v) is 5.32. The van der Waals surface area contributed by atoms with Crippen LogP contribution in [0, 0.1) is 11.6 Å². The molecule has 7 heteroatoms. The fraction of sp³-hybridized carbons (Fsp3) is 0.409. The Morgan fingerprint density at radius 1 is 1.07 bits per heavy atom. The monoisotopic (exact) mass is 404 g/mol. The maximum absolute atomic E-state index is 13.9. The topological polar surface area (TPSA) is 42.0 Å². The molecule has 0 aromatic heterocycles. The van der Waals surface area contributed by atoms with E-state index < -0.39 is 11.6 Å². The van der Waals surface area contributed by atoms with Gasteiger partial charge in [0.05, 0.1) is 14.2 Å².